The minimum Gasteiger partial charge on any atom is -0.490 e. The Labute approximate surface area is 160 Å². The van der Waals surface area contributed by atoms with Crippen molar-refractivity contribution >= 4 is 12.4 Å². The van der Waals surface area contributed by atoms with Gasteiger partial charge in [-0.05, 0) is 30.7 Å². The quantitative estimate of drug-likeness (QED) is 0.875. The molecule has 6 heteroatoms. The van der Waals surface area contributed by atoms with Crippen LogP contribution in [0.15, 0.2) is 36.4 Å². The summed E-state index contributed by atoms with van der Waals surface area (Å²) in [6.07, 6.45) is 0.912. The number of para-hydroxylation sites is 1. The van der Waals surface area contributed by atoms with Crippen molar-refractivity contribution in [3.8, 4) is 23.0 Å². The lowest BCUT2D eigenvalue weighted by Crippen LogP contribution is -2.20. The third-order valence-electron chi connectivity index (χ3n) is 4.52. The van der Waals surface area contributed by atoms with Crippen molar-refractivity contribution in [2.75, 3.05) is 26.4 Å². The van der Waals surface area contributed by atoms with Gasteiger partial charge in [-0.15, -0.1) is 12.4 Å². The number of halogens is 1. The standard InChI is InChI=1S/C20H23NO4.ClH/c1-14(15-6-7-17-19(12-15)24-11-10-23-17)21-13-16-4-2-5-18-20(16)25-9-3-8-22-18;/h2,4-7,12,14,21H,3,8-11,13H2,1H3;1H. The van der Waals surface area contributed by atoms with Crippen LogP contribution >= 0.6 is 12.4 Å². The average Bonchev–Trinajstić information content (AvgIpc) is 2.91. The summed E-state index contributed by atoms with van der Waals surface area (Å²) in [6.45, 7) is 5.47. The van der Waals surface area contributed by atoms with Gasteiger partial charge in [-0.1, -0.05) is 18.2 Å². The van der Waals surface area contributed by atoms with E-state index in [4.69, 9.17) is 18.9 Å². The summed E-state index contributed by atoms with van der Waals surface area (Å²) in [7, 11) is 0. The number of ether oxygens (including phenoxy) is 4. The first-order chi connectivity index (χ1) is 12.3. The second-order valence-electron chi connectivity index (χ2n) is 6.30. The fourth-order valence-electron chi connectivity index (χ4n) is 3.10. The van der Waals surface area contributed by atoms with Gasteiger partial charge >= 0.3 is 0 Å². The zero-order valence-corrected chi connectivity index (χ0v) is 15.6. The number of hydrogen-bond acceptors (Lipinski definition) is 5. The molecule has 5 nitrogen and oxygen atoms in total. The van der Waals surface area contributed by atoms with E-state index in [2.05, 4.69) is 30.4 Å². The van der Waals surface area contributed by atoms with Gasteiger partial charge in [0.05, 0.1) is 13.2 Å². The third kappa shape index (κ3) is 4.00. The molecule has 1 atom stereocenters. The molecule has 0 amide bonds. The van der Waals surface area contributed by atoms with E-state index < -0.39 is 0 Å². The van der Waals surface area contributed by atoms with E-state index in [1.807, 2.05) is 18.2 Å². The number of hydrogen-bond donors (Lipinski definition) is 1. The van der Waals surface area contributed by atoms with Crippen LogP contribution in [-0.2, 0) is 6.54 Å². The van der Waals surface area contributed by atoms with Crippen LogP contribution in [0.1, 0.15) is 30.5 Å². The number of fused-ring (bicyclic) bond motifs is 2. The van der Waals surface area contributed by atoms with Crippen molar-refractivity contribution in [2.45, 2.75) is 25.9 Å². The highest BCUT2D eigenvalue weighted by Crippen LogP contribution is 2.35. The van der Waals surface area contributed by atoms with E-state index in [1.165, 1.54) is 5.56 Å². The highest BCUT2D eigenvalue weighted by atomic mass is 35.5. The Morgan fingerprint density at radius 3 is 2.54 bits per heavy atom. The lowest BCUT2D eigenvalue weighted by atomic mass is 10.1. The second-order valence-corrected chi connectivity index (χ2v) is 6.30. The Balaban J connectivity index is 0.00000196. The molecule has 140 valence electrons. The summed E-state index contributed by atoms with van der Waals surface area (Å²) in [5.74, 6) is 3.34. The van der Waals surface area contributed by atoms with Crippen molar-refractivity contribution in [3.05, 3.63) is 47.5 Å². The minimum atomic E-state index is 0. The molecule has 2 aromatic carbocycles. The topological polar surface area (TPSA) is 49.0 Å². The predicted octanol–water partition coefficient (Wildman–Crippen LogP) is 3.89. The monoisotopic (exact) mass is 377 g/mol. The van der Waals surface area contributed by atoms with E-state index >= 15 is 0 Å². The van der Waals surface area contributed by atoms with Crippen molar-refractivity contribution in [1.29, 1.82) is 0 Å². The molecule has 0 aliphatic carbocycles. The van der Waals surface area contributed by atoms with Gasteiger partial charge in [0, 0.05) is 24.6 Å². The average molecular weight is 378 g/mol. The van der Waals surface area contributed by atoms with Crippen molar-refractivity contribution in [3.63, 3.8) is 0 Å². The molecule has 0 aromatic heterocycles. The third-order valence-corrected chi connectivity index (χ3v) is 4.52. The molecule has 0 saturated carbocycles. The fourth-order valence-corrected chi connectivity index (χ4v) is 3.10. The molecule has 4 rings (SSSR count). The van der Waals surface area contributed by atoms with E-state index in [-0.39, 0.29) is 18.4 Å². The first-order valence-corrected chi connectivity index (χ1v) is 8.82. The maximum atomic E-state index is 5.89. The molecule has 2 heterocycles. The molecule has 0 saturated heterocycles. The zero-order chi connectivity index (χ0) is 17.1. The highest BCUT2D eigenvalue weighted by Gasteiger charge is 2.17. The summed E-state index contributed by atoms with van der Waals surface area (Å²) < 4.78 is 22.9. The Morgan fingerprint density at radius 1 is 0.885 bits per heavy atom. The normalized spacial score (nSPS) is 16.2. The lowest BCUT2D eigenvalue weighted by molar-refractivity contribution is 0.171. The summed E-state index contributed by atoms with van der Waals surface area (Å²) in [5, 5.41) is 3.56. The van der Waals surface area contributed by atoms with Crippen LogP contribution in [0.2, 0.25) is 0 Å². The Bertz CT molecular complexity index is 753. The van der Waals surface area contributed by atoms with Gasteiger partial charge in [0.15, 0.2) is 23.0 Å². The van der Waals surface area contributed by atoms with Gasteiger partial charge in [-0.3, -0.25) is 0 Å². The second kappa shape index (κ2) is 8.52. The molecule has 2 aliphatic heterocycles. The van der Waals surface area contributed by atoms with Gasteiger partial charge in [-0.2, -0.15) is 0 Å². The SMILES string of the molecule is CC(NCc1cccc2c1OCCCO2)c1ccc2c(c1)OCCO2.Cl. The van der Waals surface area contributed by atoms with E-state index in [9.17, 15) is 0 Å². The Hall–Kier alpha value is -2.11. The smallest absolute Gasteiger partial charge is 0.165 e. The first kappa shape index (κ1) is 18.7. The Kier molecular flexibility index (Phi) is 6.12. The van der Waals surface area contributed by atoms with Crippen LogP contribution in [0.25, 0.3) is 0 Å². The van der Waals surface area contributed by atoms with Crippen LogP contribution in [0, 0.1) is 0 Å². The maximum Gasteiger partial charge on any atom is 0.165 e. The van der Waals surface area contributed by atoms with E-state index in [1.54, 1.807) is 0 Å². The van der Waals surface area contributed by atoms with E-state index in [0.29, 0.717) is 33.0 Å². The van der Waals surface area contributed by atoms with Crippen LogP contribution in [0.4, 0.5) is 0 Å². The molecule has 2 aromatic rings. The van der Waals surface area contributed by atoms with Gasteiger partial charge in [0.25, 0.3) is 0 Å². The predicted molar refractivity (Wildman–Crippen MR) is 102 cm³/mol. The van der Waals surface area contributed by atoms with Gasteiger partial charge in [0.2, 0.25) is 0 Å². The van der Waals surface area contributed by atoms with Crippen molar-refractivity contribution in [1.82, 2.24) is 5.32 Å². The summed E-state index contributed by atoms with van der Waals surface area (Å²) >= 11 is 0. The van der Waals surface area contributed by atoms with Gasteiger partial charge in [-0.25, -0.2) is 0 Å². The maximum absolute atomic E-state index is 5.89. The van der Waals surface area contributed by atoms with Crippen LogP contribution in [0.5, 0.6) is 23.0 Å². The van der Waals surface area contributed by atoms with Gasteiger partial charge in [0.1, 0.15) is 13.2 Å². The first-order valence-electron chi connectivity index (χ1n) is 8.82. The molecule has 26 heavy (non-hydrogen) atoms. The number of rotatable bonds is 4. The minimum absolute atomic E-state index is 0. The Morgan fingerprint density at radius 2 is 1.65 bits per heavy atom. The number of benzene rings is 2. The van der Waals surface area contributed by atoms with Gasteiger partial charge < -0.3 is 24.3 Å². The molecule has 2 aliphatic rings. The molecule has 0 bridgehead atoms. The summed E-state index contributed by atoms with van der Waals surface area (Å²) in [4.78, 5) is 0. The number of nitrogens with one attached hydrogen (secondary N) is 1. The van der Waals surface area contributed by atoms with Crippen molar-refractivity contribution < 1.29 is 18.9 Å². The summed E-state index contributed by atoms with van der Waals surface area (Å²) in [5.41, 5.74) is 2.28. The zero-order valence-electron chi connectivity index (χ0n) is 14.8. The van der Waals surface area contributed by atoms with Crippen LogP contribution in [0.3, 0.4) is 0 Å². The molecule has 0 radical (unpaired) electrons. The fraction of sp³-hybridized carbons (Fsp3) is 0.400. The van der Waals surface area contributed by atoms with Crippen molar-refractivity contribution in [2.24, 2.45) is 0 Å². The molecule has 0 spiro atoms. The molecule has 1 N–H and O–H groups in total. The summed E-state index contributed by atoms with van der Waals surface area (Å²) in [6, 6.07) is 12.4. The molecule has 1 unspecified atom stereocenters. The highest BCUT2D eigenvalue weighted by molar-refractivity contribution is 5.85. The largest absolute Gasteiger partial charge is 0.490 e. The van der Waals surface area contributed by atoms with Crippen LogP contribution < -0.4 is 24.3 Å². The molecular formula is C20H24ClNO4. The van der Waals surface area contributed by atoms with Crippen LogP contribution in [-0.4, -0.2) is 26.4 Å². The molecular weight excluding hydrogens is 354 g/mol. The molecule has 0 fully saturated rings. The lowest BCUT2D eigenvalue weighted by Gasteiger charge is -2.21. The van der Waals surface area contributed by atoms with E-state index in [0.717, 1.165) is 35.0 Å².